The highest BCUT2D eigenvalue weighted by Gasteiger charge is 2.12. The van der Waals surface area contributed by atoms with Crippen LogP contribution in [0.4, 0.5) is 10.1 Å². The molecule has 2 rings (SSSR count). The van der Waals surface area contributed by atoms with Crippen molar-refractivity contribution in [3.8, 4) is 0 Å². The van der Waals surface area contributed by atoms with Crippen molar-refractivity contribution in [1.29, 1.82) is 0 Å². The smallest absolute Gasteiger partial charge is 0.150 e. The van der Waals surface area contributed by atoms with E-state index >= 15 is 0 Å². The van der Waals surface area contributed by atoms with Crippen molar-refractivity contribution in [2.75, 3.05) is 12.4 Å². The third-order valence-corrected chi connectivity index (χ3v) is 3.20. The summed E-state index contributed by atoms with van der Waals surface area (Å²) in [7, 11) is 1.83. The molecule has 0 aliphatic rings. The SMILES string of the molecule is CNc1c(C)c(C)nc2c(F)cc(Br)cc12. The number of hydrogen-bond acceptors (Lipinski definition) is 2. The maximum absolute atomic E-state index is 13.8. The lowest BCUT2D eigenvalue weighted by molar-refractivity contribution is 0.635. The van der Waals surface area contributed by atoms with Crippen LogP contribution in [0.3, 0.4) is 0 Å². The van der Waals surface area contributed by atoms with Gasteiger partial charge in [0.2, 0.25) is 0 Å². The molecule has 2 nitrogen and oxygen atoms in total. The van der Waals surface area contributed by atoms with Crippen LogP contribution in [-0.2, 0) is 0 Å². The van der Waals surface area contributed by atoms with E-state index in [0.717, 1.165) is 26.8 Å². The van der Waals surface area contributed by atoms with Crippen LogP contribution in [0, 0.1) is 19.7 Å². The molecule has 4 heteroatoms. The number of anilines is 1. The van der Waals surface area contributed by atoms with Gasteiger partial charge in [0.15, 0.2) is 5.82 Å². The predicted molar refractivity (Wildman–Crippen MR) is 68.4 cm³/mol. The lowest BCUT2D eigenvalue weighted by atomic mass is 10.1. The molecule has 0 amide bonds. The van der Waals surface area contributed by atoms with Crippen LogP contribution < -0.4 is 5.32 Å². The van der Waals surface area contributed by atoms with Crippen LogP contribution >= 0.6 is 15.9 Å². The third kappa shape index (κ3) is 1.67. The van der Waals surface area contributed by atoms with E-state index in [1.807, 2.05) is 27.0 Å². The number of halogens is 2. The largest absolute Gasteiger partial charge is 0.387 e. The minimum Gasteiger partial charge on any atom is -0.387 e. The monoisotopic (exact) mass is 282 g/mol. The van der Waals surface area contributed by atoms with Gasteiger partial charge in [-0.25, -0.2) is 9.37 Å². The maximum Gasteiger partial charge on any atom is 0.150 e. The van der Waals surface area contributed by atoms with Crippen molar-refractivity contribution >= 4 is 32.5 Å². The van der Waals surface area contributed by atoms with E-state index in [0.29, 0.717) is 5.52 Å². The summed E-state index contributed by atoms with van der Waals surface area (Å²) in [6, 6.07) is 3.31. The van der Waals surface area contributed by atoms with Gasteiger partial charge >= 0.3 is 0 Å². The minimum absolute atomic E-state index is 0.302. The molecule has 0 unspecified atom stereocenters. The topological polar surface area (TPSA) is 24.9 Å². The Kier molecular flexibility index (Phi) is 2.84. The van der Waals surface area contributed by atoms with Crippen molar-refractivity contribution in [1.82, 2.24) is 4.98 Å². The van der Waals surface area contributed by atoms with Crippen LogP contribution in [0.5, 0.6) is 0 Å². The van der Waals surface area contributed by atoms with Crippen molar-refractivity contribution < 1.29 is 4.39 Å². The van der Waals surface area contributed by atoms with Gasteiger partial charge in [0, 0.05) is 28.3 Å². The Bertz CT molecular complexity index is 567. The van der Waals surface area contributed by atoms with E-state index in [1.54, 1.807) is 0 Å². The van der Waals surface area contributed by atoms with Crippen molar-refractivity contribution in [3.63, 3.8) is 0 Å². The quantitative estimate of drug-likeness (QED) is 0.861. The first-order valence-corrected chi connectivity index (χ1v) is 5.77. The van der Waals surface area contributed by atoms with Crippen LogP contribution in [0.25, 0.3) is 10.9 Å². The molecule has 1 aromatic heterocycles. The number of benzene rings is 1. The number of pyridine rings is 1. The lowest BCUT2D eigenvalue weighted by Crippen LogP contribution is -1.99. The first kappa shape index (κ1) is 11.3. The molecule has 0 saturated heterocycles. The second-order valence-corrected chi connectivity index (χ2v) is 4.65. The number of aromatic nitrogens is 1. The van der Waals surface area contributed by atoms with Gasteiger partial charge in [-0.15, -0.1) is 0 Å². The van der Waals surface area contributed by atoms with Gasteiger partial charge in [-0.3, -0.25) is 0 Å². The fourth-order valence-electron chi connectivity index (χ4n) is 1.83. The summed E-state index contributed by atoms with van der Waals surface area (Å²) in [6.45, 7) is 3.86. The molecule has 1 aromatic carbocycles. The maximum atomic E-state index is 13.8. The average molecular weight is 283 g/mol. The molecule has 0 fully saturated rings. The molecule has 0 radical (unpaired) electrons. The zero-order valence-electron chi connectivity index (χ0n) is 9.36. The van der Waals surface area contributed by atoms with Crippen LogP contribution in [0.2, 0.25) is 0 Å². The summed E-state index contributed by atoms with van der Waals surface area (Å²) in [6.07, 6.45) is 0. The highest BCUT2D eigenvalue weighted by molar-refractivity contribution is 9.10. The fraction of sp³-hybridized carbons (Fsp3) is 0.250. The summed E-state index contributed by atoms with van der Waals surface area (Å²) in [5.41, 5.74) is 3.24. The minimum atomic E-state index is -0.302. The molecule has 2 aromatic rings. The second kappa shape index (κ2) is 4.01. The molecule has 1 heterocycles. The van der Waals surface area contributed by atoms with Crippen molar-refractivity contribution in [3.05, 3.63) is 33.7 Å². The first-order chi connectivity index (χ1) is 7.54. The average Bonchev–Trinajstić information content (AvgIpc) is 2.22. The number of nitrogens with zero attached hydrogens (tertiary/aromatic N) is 1. The predicted octanol–water partition coefficient (Wildman–Crippen LogP) is 3.79. The zero-order chi connectivity index (χ0) is 11.9. The normalized spacial score (nSPS) is 10.8. The Hall–Kier alpha value is -1.16. The van der Waals surface area contributed by atoms with E-state index in [1.165, 1.54) is 6.07 Å². The lowest BCUT2D eigenvalue weighted by Gasteiger charge is -2.12. The Labute approximate surface area is 102 Å². The van der Waals surface area contributed by atoms with E-state index in [4.69, 9.17) is 0 Å². The number of rotatable bonds is 1. The molecule has 0 atom stereocenters. The summed E-state index contributed by atoms with van der Waals surface area (Å²) in [5.74, 6) is -0.302. The molecule has 0 aliphatic heterocycles. The van der Waals surface area contributed by atoms with Crippen LogP contribution in [-0.4, -0.2) is 12.0 Å². The van der Waals surface area contributed by atoms with Crippen LogP contribution in [0.15, 0.2) is 16.6 Å². The molecule has 1 N–H and O–H groups in total. The molecule has 0 saturated carbocycles. The molecule has 0 aliphatic carbocycles. The zero-order valence-corrected chi connectivity index (χ0v) is 10.9. The van der Waals surface area contributed by atoms with Gasteiger partial charge < -0.3 is 5.32 Å². The Morgan fingerprint density at radius 1 is 1.31 bits per heavy atom. The van der Waals surface area contributed by atoms with Crippen molar-refractivity contribution in [2.24, 2.45) is 0 Å². The molecule has 16 heavy (non-hydrogen) atoms. The van der Waals surface area contributed by atoms with Gasteiger partial charge in [-0.2, -0.15) is 0 Å². The number of fused-ring (bicyclic) bond motifs is 1. The van der Waals surface area contributed by atoms with Gasteiger partial charge in [0.1, 0.15) is 5.52 Å². The van der Waals surface area contributed by atoms with Crippen molar-refractivity contribution in [2.45, 2.75) is 13.8 Å². The fourth-order valence-corrected chi connectivity index (χ4v) is 2.26. The first-order valence-electron chi connectivity index (χ1n) is 4.98. The number of hydrogen-bond donors (Lipinski definition) is 1. The highest BCUT2D eigenvalue weighted by Crippen LogP contribution is 2.31. The summed E-state index contributed by atoms with van der Waals surface area (Å²) in [5, 5.41) is 3.91. The third-order valence-electron chi connectivity index (χ3n) is 2.74. The van der Waals surface area contributed by atoms with Gasteiger partial charge in [0.25, 0.3) is 0 Å². The van der Waals surface area contributed by atoms with E-state index in [-0.39, 0.29) is 5.82 Å². The molecule has 0 bridgehead atoms. The Morgan fingerprint density at radius 3 is 2.62 bits per heavy atom. The van der Waals surface area contributed by atoms with Gasteiger partial charge in [-0.05, 0) is 31.5 Å². The van der Waals surface area contributed by atoms with E-state index in [9.17, 15) is 4.39 Å². The van der Waals surface area contributed by atoms with E-state index < -0.39 is 0 Å². The number of aryl methyl sites for hydroxylation is 1. The standard InChI is InChI=1S/C12H12BrFN2/c1-6-7(2)16-12-9(11(6)15-3)4-8(13)5-10(12)14/h4-5H,1-3H3,(H,15,16). The molecule has 84 valence electrons. The summed E-state index contributed by atoms with van der Waals surface area (Å²) >= 11 is 3.29. The molecule has 0 spiro atoms. The Balaban J connectivity index is 2.96. The highest BCUT2D eigenvalue weighted by atomic mass is 79.9. The Morgan fingerprint density at radius 2 is 2.00 bits per heavy atom. The van der Waals surface area contributed by atoms with Gasteiger partial charge in [-0.1, -0.05) is 15.9 Å². The molecular weight excluding hydrogens is 271 g/mol. The van der Waals surface area contributed by atoms with Gasteiger partial charge in [0.05, 0.1) is 0 Å². The van der Waals surface area contributed by atoms with E-state index in [2.05, 4.69) is 26.2 Å². The molecular formula is C12H12BrFN2. The number of nitrogens with one attached hydrogen (secondary N) is 1. The summed E-state index contributed by atoms with van der Waals surface area (Å²) < 4.78 is 14.5. The summed E-state index contributed by atoms with van der Waals surface area (Å²) in [4.78, 5) is 4.29. The van der Waals surface area contributed by atoms with Crippen LogP contribution in [0.1, 0.15) is 11.3 Å². The second-order valence-electron chi connectivity index (χ2n) is 3.73.